The molecule has 0 spiro atoms. The standard InChI is InChI=1S/C2H6O2.2BH3O3.3H3N/c3-1-2-4;2*2-1(3)4;;;/h3-4H,1-2H2;2*2-4H;3*1H3. The topological polar surface area (TPSA) is 267 Å². The van der Waals surface area contributed by atoms with E-state index in [-0.39, 0.29) is 31.7 Å². The molecule has 0 rings (SSSR count). The number of hydrogen-bond donors (Lipinski definition) is 11. The van der Waals surface area contributed by atoms with E-state index in [0.717, 1.165) is 0 Å². The molecule has 0 saturated heterocycles. The van der Waals surface area contributed by atoms with E-state index in [1.807, 2.05) is 0 Å². The Kier molecular flexibility index (Phi) is 90.6. The van der Waals surface area contributed by atoms with Gasteiger partial charge in [0.05, 0.1) is 13.2 Å². The molecule has 0 radical (unpaired) electrons. The van der Waals surface area contributed by atoms with Gasteiger partial charge in [0.25, 0.3) is 0 Å². The molecule has 0 fully saturated rings. The molecule has 0 aromatic rings. The molecule has 0 aromatic carbocycles. The van der Waals surface area contributed by atoms with Crippen LogP contribution in [-0.2, 0) is 0 Å². The summed E-state index contributed by atoms with van der Waals surface area (Å²) in [4.78, 5) is 0. The van der Waals surface area contributed by atoms with Crippen LogP contribution in [-0.4, -0.2) is 68.2 Å². The Hall–Kier alpha value is -0.310. The zero-order chi connectivity index (χ0) is 10.6. The number of aliphatic hydroxyl groups excluding tert-OH is 2. The summed E-state index contributed by atoms with van der Waals surface area (Å²) in [6.07, 6.45) is 0. The van der Waals surface area contributed by atoms with Crippen molar-refractivity contribution >= 4 is 14.6 Å². The Bertz CT molecular complexity index is 56.3. The second-order valence-electron chi connectivity index (χ2n) is 1.14. The minimum absolute atomic E-state index is 0. The predicted octanol–water partition coefficient (Wildman–Crippen LogP) is -4.65. The van der Waals surface area contributed by atoms with Crippen molar-refractivity contribution in [1.82, 2.24) is 18.5 Å². The molecule has 17 N–H and O–H groups in total. The van der Waals surface area contributed by atoms with Crippen LogP contribution in [0.4, 0.5) is 0 Å². The van der Waals surface area contributed by atoms with E-state index in [1.54, 1.807) is 0 Å². The zero-order valence-electron chi connectivity index (χ0n) is 8.27. The van der Waals surface area contributed by atoms with Gasteiger partial charge in [0.15, 0.2) is 0 Å². The highest BCUT2D eigenvalue weighted by molar-refractivity contribution is 6.30. The van der Waals surface area contributed by atoms with Crippen LogP contribution in [0.15, 0.2) is 0 Å². The first-order chi connectivity index (χ1) is 5.38. The van der Waals surface area contributed by atoms with Crippen molar-refractivity contribution in [2.24, 2.45) is 0 Å². The summed E-state index contributed by atoms with van der Waals surface area (Å²) in [7, 11) is -4.33. The predicted molar refractivity (Wildman–Crippen MR) is 54.1 cm³/mol. The Morgan fingerprint density at radius 3 is 0.600 bits per heavy atom. The lowest BCUT2D eigenvalue weighted by Gasteiger charge is -1.70. The monoisotopic (exact) mass is 237 g/mol. The number of rotatable bonds is 1. The minimum Gasteiger partial charge on any atom is -0.402 e. The second kappa shape index (κ2) is 37.3. The van der Waals surface area contributed by atoms with Gasteiger partial charge in [-0.25, -0.2) is 0 Å². The Balaban J connectivity index is -0.0000000184. The fourth-order valence-corrected chi connectivity index (χ4v) is 0. The highest BCUT2D eigenvalue weighted by atomic mass is 16.5. The van der Waals surface area contributed by atoms with Gasteiger partial charge in [-0.1, -0.05) is 0 Å². The molecule has 0 aliphatic carbocycles. The number of hydrogen-bond acceptors (Lipinski definition) is 11. The summed E-state index contributed by atoms with van der Waals surface area (Å²) in [5.74, 6) is 0. The molecular weight excluding hydrogens is 216 g/mol. The number of aliphatic hydroxyl groups is 2. The van der Waals surface area contributed by atoms with Gasteiger partial charge in [-0.3, -0.25) is 0 Å². The van der Waals surface area contributed by atoms with E-state index >= 15 is 0 Å². The quantitative estimate of drug-likeness (QED) is 0.193. The van der Waals surface area contributed by atoms with Crippen LogP contribution < -0.4 is 18.5 Å². The van der Waals surface area contributed by atoms with Gasteiger partial charge in [-0.2, -0.15) is 0 Å². The largest absolute Gasteiger partial charge is 0.631 e. The summed E-state index contributed by atoms with van der Waals surface area (Å²) >= 11 is 0. The van der Waals surface area contributed by atoms with E-state index in [1.165, 1.54) is 0 Å². The van der Waals surface area contributed by atoms with Gasteiger partial charge in [-0.05, 0) is 0 Å². The van der Waals surface area contributed by atoms with Crippen molar-refractivity contribution in [2.75, 3.05) is 13.2 Å². The van der Waals surface area contributed by atoms with Crippen LogP contribution in [0.5, 0.6) is 0 Å². The summed E-state index contributed by atoms with van der Waals surface area (Å²) in [6, 6.07) is 0. The molecule has 0 saturated carbocycles. The molecule has 15 heavy (non-hydrogen) atoms. The maximum atomic E-state index is 7.62. The normalized spacial score (nSPS) is 5.60. The van der Waals surface area contributed by atoms with Crippen molar-refractivity contribution in [3.8, 4) is 0 Å². The Morgan fingerprint density at radius 1 is 0.533 bits per heavy atom. The van der Waals surface area contributed by atoms with E-state index in [0.29, 0.717) is 0 Å². The van der Waals surface area contributed by atoms with E-state index in [4.69, 9.17) is 40.4 Å². The maximum absolute atomic E-state index is 7.62. The molecule has 0 atom stereocenters. The first-order valence-corrected chi connectivity index (χ1v) is 2.68. The van der Waals surface area contributed by atoms with Gasteiger partial charge >= 0.3 is 14.6 Å². The second-order valence-corrected chi connectivity index (χ2v) is 1.14. The van der Waals surface area contributed by atoms with E-state index in [9.17, 15) is 0 Å². The van der Waals surface area contributed by atoms with Crippen LogP contribution in [0.3, 0.4) is 0 Å². The maximum Gasteiger partial charge on any atom is 0.631 e. The average Bonchev–Trinajstić information content (AvgIpc) is 1.85. The molecule has 0 amide bonds. The van der Waals surface area contributed by atoms with Crippen LogP contribution >= 0.6 is 0 Å². The summed E-state index contributed by atoms with van der Waals surface area (Å²) in [6.45, 7) is -0.250. The molecule has 0 heterocycles. The highest BCUT2D eigenvalue weighted by Gasteiger charge is 1.93. The molecule has 0 aromatic heterocycles. The lowest BCUT2D eigenvalue weighted by Crippen LogP contribution is -2.07. The van der Waals surface area contributed by atoms with Crippen molar-refractivity contribution < 1.29 is 40.4 Å². The van der Waals surface area contributed by atoms with Crippen molar-refractivity contribution in [2.45, 2.75) is 0 Å². The molecule has 0 aliphatic rings. The summed E-state index contributed by atoms with van der Waals surface area (Å²) in [5.41, 5.74) is 0. The highest BCUT2D eigenvalue weighted by Crippen LogP contribution is 1.40. The van der Waals surface area contributed by atoms with Gasteiger partial charge in [-0.15, -0.1) is 0 Å². The Morgan fingerprint density at radius 2 is 0.600 bits per heavy atom. The van der Waals surface area contributed by atoms with Gasteiger partial charge in [0.2, 0.25) is 0 Å². The van der Waals surface area contributed by atoms with Crippen LogP contribution in [0, 0.1) is 0 Å². The van der Waals surface area contributed by atoms with Crippen molar-refractivity contribution in [1.29, 1.82) is 0 Å². The fraction of sp³-hybridized carbons (Fsp3) is 1.00. The third kappa shape index (κ3) is 3930. The lowest BCUT2D eigenvalue weighted by atomic mass is 10.3. The minimum atomic E-state index is -2.17. The van der Waals surface area contributed by atoms with E-state index < -0.39 is 14.6 Å². The molecule has 0 bridgehead atoms. The molecule has 11 nitrogen and oxygen atoms in total. The third-order valence-corrected chi connectivity index (χ3v) is 0.1000. The third-order valence-electron chi connectivity index (χ3n) is 0.1000. The SMILES string of the molecule is N.N.N.OB(O)O.OB(O)O.OCCO. The van der Waals surface area contributed by atoms with Crippen LogP contribution in [0.25, 0.3) is 0 Å². The molecule has 0 aliphatic heterocycles. The van der Waals surface area contributed by atoms with Crippen LogP contribution in [0.2, 0.25) is 0 Å². The van der Waals surface area contributed by atoms with Crippen molar-refractivity contribution in [3.63, 3.8) is 0 Å². The first kappa shape index (κ1) is 36.5. The average molecular weight is 237 g/mol. The molecule has 13 heteroatoms. The van der Waals surface area contributed by atoms with Gasteiger partial charge in [0, 0.05) is 0 Å². The Labute approximate surface area is 87.7 Å². The molecule has 98 valence electrons. The molecule has 0 unspecified atom stereocenters. The zero-order valence-corrected chi connectivity index (χ0v) is 8.27. The summed E-state index contributed by atoms with van der Waals surface area (Å²) in [5, 5.41) is 58.2. The van der Waals surface area contributed by atoms with Gasteiger partial charge < -0.3 is 58.8 Å². The first-order valence-electron chi connectivity index (χ1n) is 2.68. The van der Waals surface area contributed by atoms with Gasteiger partial charge in [0.1, 0.15) is 0 Å². The summed E-state index contributed by atoms with van der Waals surface area (Å²) < 4.78 is 0. The van der Waals surface area contributed by atoms with Crippen LogP contribution in [0.1, 0.15) is 0 Å². The molecular formula is C2H21B2N3O8. The van der Waals surface area contributed by atoms with Crippen molar-refractivity contribution in [3.05, 3.63) is 0 Å². The fourth-order valence-electron chi connectivity index (χ4n) is 0. The van der Waals surface area contributed by atoms with E-state index in [2.05, 4.69) is 0 Å². The smallest absolute Gasteiger partial charge is 0.402 e. The lowest BCUT2D eigenvalue weighted by molar-refractivity contribution is 0.186.